The molecule has 0 saturated heterocycles. The number of phenols is 1. The van der Waals surface area contributed by atoms with E-state index in [2.05, 4.69) is 16.1 Å². The third-order valence-electron chi connectivity index (χ3n) is 7.61. The van der Waals surface area contributed by atoms with Gasteiger partial charge >= 0.3 is 0 Å². The summed E-state index contributed by atoms with van der Waals surface area (Å²) < 4.78 is 27.7. The maximum absolute atomic E-state index is 12.4. The highest BCUT2D eigenvalue weighted by atomic mass is 35.5. The summed E-state index contributed by atoms with van der Waals surface area (Å²) in [5, 5.41) is 13.4. The van der Waals surface area contributed by atoms with Crippen molar-refractivity contribution in [1.29, 1.82) is 0 Å². The number of benzene rings is 2. The fourth-order valence-corrected chi connectivity index (χ4v) is 6.81. The van der Waals surface area contributed by atoms with E-state index in [1.165, 1.54) is 11.1 Å². The van der Waals surface area contributed by atoms with Gasteiger partial charge in [-0.15, -0.1) is 12.4 Å². The smallest absolute Gasteiger partial charge is 0.240 e. The van der Waals surface area contributed by atoms with Crippen LogP contribution in [0, 0.1) is 11.8 Å². The van der Waals surface area contributed by atoms with Crippen LogP contribution in [0.1, 0.15) is 55.6 Å². The van der Waals surface area contributed by atoms with Crippen LogP contribution in [0.5, 0.6) is 5.75 Å². The van der Waals surface area contributed by atoms with Gasteiger partial charge in [-0.25, -0.2) is 13.1 Å². The Morgan fingerprint density at radius 2 is 1.65 bits per heavy atom. The summed E-state index contributed by atoms with van der Waals surface area (Å²) in [5.74, 6) is 2.93. The van der Waals surface area contributed by atoms with Crippen molar-refractivity contribution in [3.05, 3.63) is 59.7 Å². The molecule has 0 unspecified atom stereocenters. The Morgan fingerprint density at radius 3 is 2.38 bits per heavy atom. The fourth-order valence-electron chi connectivity index (χ4n) is 5.67. The molecule has 0 spiro atoms. The Hall–Kier alpha value is -2.09. The van der Waals surface area contributed by atoms with Crippen LogP contribution in [0.25, 0.3) is 0 Å². The number of amidine groups is 1. The van der Waals surface area contributed by atoms with Gasteiger partial charge in [0.05, 0.1) is 16.8 Å². The van der Waals surface area contributed by atoms with Crippen LogP contribution in [0.15, 0.2) is 58.4 Å². The summed E-state index contributed by atoms with van der Waals surface area (Å²) in [6, 6.07) is 14.7. The molecule has 2 aromatic rings. The van der Waals surface area contributed by atoms with Gasteiger partial charge in [0.2, 0.25) is 10.0 Å². The van der Waals surface area contributed by atoms with Crippen molar-refractivity contribution in [1.82, 2.24) is 10.0 Å². The van der Waals surface area contributed by atoms with Crippen LogP contribution in [-0.4, -0.2) is 38.5 Å². The van der Waals surface area contributed by atoms with Crippen LogP contribution in [0.3, 0.4) is 0 Å². The summed E-state index contributed by atoms with van der Waals surface area (Å²) in [6.07, 6.45) is 7.34. The molecule has 1 saturated carbocycles. The lowest BCUT2D eigenvalue weighted by molar-refractivity contribution is 0.275. The quantitative estimate of drug-likeness (QED) is 0.545. The highest BCUT2D eigenvalue weighted by Gasteiger charge is 2.35. The van der Waals surface area contributed by atoms with Gasteiger partial charge < -0.3 is 10.4 Å². The standard InChI is InChI=1S/C26H33N3O3S.ClH/c30-21-11-12-23-20(14-21)10-13-25-24(23)15-26(29-25)27-16-18-6-8-19(9-7-18)17-28-33(31,32)22-4-2-1-3-5-22;/h1-5,11-12,14,18-19,24-25,28,30H,6-10,13,15-17H2,(H,27,29);1H/t18?,19?,24-,25+;/m1./s1. The summed E-state index contributed by atoms with van der Waals surface area (Å²) in [7, 11) is -3.42. The van der Waals surface area contributed by atoms with Crippen LogP contribution < -0.4 is 10.0 Å². The SMILES string of the molecule is Cl.O=S(=O)(NCC1CCC(CNC2=N[C@H]3CCc4cc(O)ccc4[C@H]3C2)CC1)c1ccccc1. The molecule has 3 N–H and O–H groups in total. The second-order valence-corrected chi connectivity index (χ2v) is 11.6. The van der Waals surface area contributed by atoms with Gasteiger partial charge in [0.25, 0.3) is 0 Å². The number of hydrogen-bond donors (Lipinski definition) is 3. The number of sulfonamides is 1. The molecule has 0 bridgehead atoms. The zero-order chi connectivity index (χ0) is 22.8. The van der Waals surface area contributed by atoms with E-state index in [9.17, 15) is 13.5 Å². The number of aliphatic imine (C=N–C) groups is 1. The van der Waals surface area contributed by atoms with E-state index in [4.69, 9.17) is 4.99 Å². The van der Waals surface area contributed by atoms with Crippen LogP contribution in [-0.2, 0) is 16.4 Å². The van der Waals surface area contributed by atoms with Crippen molar-refractivity contribution >= 4 is 28.3 Å². The van der Waals surface area contributed by atoms with Crippen molar-refractivity contribution < 1.29 is 13.5 Å². The molecule has 1 aliphatic heterocycles. The normalized spacial score (nSPS) is 26.1. The summed E-state index contributed by atoms with van der Waals surface area (Å²) in [5.41, 5.74) is 2.62. The Labute approximate surface area is 208 Å². The number of nitrogens with zero attached hydrogens (tertiary/aromatic N) is 1. The largest absolute Gasteiger partial charge is 0.508 e. The van der Waals surface area contributed by atoms with Gasteiger partial charge in [-0.3, -0.25) is 4.99 Å². The molecule has 0 aromatic heterocycles. The monoisotopic (exact) mass is 503 g/mol. The number of hydrogen-bond acceptors (Lipinski definition) is 5. The maximum atomic E-state index is 12.4. The van der Waals surface area contributed by atoms with Crippen molar-refractivity contribution in [2.24, 2.45) is 16.8 Å². The van der Waals surface area contributed by atoms with Crippen LogP contribution in [0.4, 0.5) is 0 Å². The topological polar surface area (TPSA) is 90.8 Å². The predicted molar refractivity (Wildman–Crippen MR) is 137 cm³/mol. The predicted octanol–water partition coefficient (Wildman–Crippen LogP) is 4.39. The minimum absolute atomic E-state index is 0. The first kappa shape index (κ1) is 25.0. The summed E-state index contributed by atoms with van der Waals surface area (Å²) in [4.78, 5) is 5.32. The third kappa shape index (κ3) is 5.58. The van der Waals surface area contributed by atoms with E-state index in [0.29, 0.717) is 41.0 Å². The molecule has 0 radical (unpaired) electrons. The molecule has 1 fully saturated rings. The Bertz CT molecular complexity index is 1120. The zero-order valence-corrected chi connectivity index (χ0v) is 21.0. The lowest BCUT2D eigenvalue weighted by atomic mass is 9.79. The average Bonchev–Trinajstić information content (AvgIpc) is 3.26. The van der Waals surface area contributed by atoms with Crippen molar-refractivity contribution in [2.75, 3.05) is 13.1 Å². The molecule has 1 heterocycles. The van der Waals surface area contributed by atoms with Crippen LogP contribution >= 0.6 is 12.4 Å². The van der Waals surface area contributed by atoms with Gasteiger partial charge in [0, 0.05) is 25.4 Å². The lowest BCUT2D eigenvalue weighted by Crippen LogP contribution is -2.34. The minimum atomic E-state index is -3.42. The molecular weight excluding hydrogens is 470 g/mol. The second kappa shape index (κ2) is 10.7. The van der Waals surface area contributed by atoms with Crippen molar-refractivity contribution in [3.63, 3.8) is 0 Å². The molecule has 34 heavy (non-hydrogen) atoms. The first-order valence-electron chi connectivity index (χ1n) is 12.1. The second-order valence-electron chi connectivity index (χ2n) is 9.81. The number of nitrogens with one attached hydrogen (secondary N) is 2. The number of halogens is 1. The van der Waals surface area contributed by atoms with E-state index < -0.39 is 10.0 Å². The molecule has 5 rings (SSSR count). The van der Waals surface area contributed by atoms with Gasteiger partial charge in [-0.05, 0) is 85.8 Å². The number of aryl methyl sites for hydroxylation is 1. The van der Waals surface area contributed by atoms with E-state index in [0.717, 1.165) is 57.3 Å². The molecule has 3 aliphatic rings. The molecule has 0 amide bonds. The zero-order valence-electron chi connectivity index (χ0n) is 19.3. The van der Waals surface area contributed by atoms with Crippen molar-refractivity contribution in [3.8, 4) is 5.75 Å². The van der Waals surface area contributed by atoms with Crippen LogP contribution in [0.2, 0.25) is 0 Å². The number of aromatic hydroxyl groups is 1. The minimum Gasteiger partial charge on any atom is -0.508 e. The fraction of sp³-hybridized carbons (Fsp3) is 0.500. The first-order chi connectivity index (χ1) is 16.0. The Morgan fingerprint density at radius 1 is 0.941 bits per heavy atom. The third-order valence-corrected chi connectivity index (χ3v) is 9.05. The summed E-state index contributed by atoms with van der Waals surface area (Å²) in [6.45, 7) is 1.46. The van der Waals surface area contributed by atoms with Gasteiger partial charge in [0.15, 0.2) is 0 Å². The molecule has 8 heteroatoms. The molecule has 2 aromatic carbocycles. The molecular formula is C26H34ClN3O3S. The van der Waals surface area contributed by atoms with E-state index in [1.54, 1.807) is 30.3 Å². The molecule has 2 atom stereocenters. The average molecular weight is 504 g/mol. The molecule has 6 nitrogen and oxygen atoms in total. The number of rotatable bonds is 6. The Kier molecular flexibility index (Phi) is 7.85. The highest BCUT2D eigenvalue weighted by molar-refractivity contribution is 7.89. The number of phenolic OH excluding ortho intramolecular Hbond substituents is 1. The lowest BCUT2D eigenvalue weighted by Gasteiger charge is -2.29. The molecule has 184 valence electrons. The summed E-state index contributed by atoms with van der Waals surface area (Å²) >= 11 is 0. The van der Waals surface area contributed by atoms with E-state index in [1.807, 2.05) is 12.1 Å². The number of fused-ring (bicyclic) bond motifs is 3. The van der Waals surface area contributed by atoms with Gasteiger partial charge in [-0.1, -0.05) is 24.3 Å². The van der Waals surface area contributed by atoms with E-state index in [-0.39, 0.29) is 12.4 Å². The van der Waals surface area contributed by atoms with Gasteiger partial charge in [-0.2, -0.15) is 0 Å². The Balaban J connectivity index is 0.00000274. The first-order valence-corrected chi connectivity index (χ1v) is 13.6. The highest BCUT2D eigenvalue weighted by Crippen LogP contribution is 2.40. The maximum Gasteiger partial charge on any atom is 0.240 e. The van der Waals surface area contributed by atoms with Gasteiger partial charge in [0.1, 0.15) is 5.75 Å². The van der Waals surface area contributed by atoms with E-state index >= 15 is 0 Å². The molecule has 2 aliphatic carbocycles. The van der Waals surface area contributed by atoms with Crippen molar-refractivity contribution in [2.45, 2.75) is 61.8 Å².